The van der Waals surface area contributed by atoms with Crippen molar-refractivity contribution in [3.63, 3.8) is 0 Å². The highest BCUT2D eigenvalue weighted by Gasteiger charge is 2.28. The zero-order valence-corrected chi connectivity index (χ0v) is 15.7. The van der Waals surface area contributed by atoms with Gasteiger partial charge >= 0.3 is 6.03 Å². The molecular formula is C18H21N5O3S. The Balaban J connectivity index is 1.60. The fraction of sp³-hybridized carbons (Fsp3) is 0.333. The van der Waals surface area contributed by atoms with Crippen LogP contribution in [0.15, 0.2) is 30.3 Å². The van der Waals surface area contributed by atoms with Gasteiger partial charge in [0.05, 0.1) is 11.6 Å². The standard InChI is InChI=1S/C18H21N5O3S/c1-11-14(27-17(20-11)12-6-3-2-4-7-12)16(25)22-21-15(24)13-8-5-9-23(10-13)18(19)26/h2-4,6-7,13H,5,8-10H2,1H3,(H2,19,26)(H,21,24)(H,22,25)/t13-/m1/s1. The number of piperidine rings is 1. The lowest BCUT2D eigenvalue weighted by atomic mass is 9.98. The van der Waals surface area contributed by atoms with Gasteiger partial charge in [0.2, 0.25) is 5.91 Å². The zero-order chi connectivity index (χ0) is 19.4. The number of rotatable bonds is 3. The highest BCUT2D eigenvalue weighted by molar-refractivity contribution is 7.17. The van der Waals surface area contributed by atoms with E-state index in [-0.39, 0.29) is 12.5 Å². The number of likely N-dealkylation sites (tertiary alicyclic amines) is 1. The molecule has 0 bridgehead atoms. The molecule has 4 amide bonds. The van der Waals surface area contributed by atoms with Crippen LogP contribution in [0.3, 0.4) is 0 Å². The maximum absolute atomic E-state index is 12.4. The number of thiazole rings is 1. The molecule has 0 unspecified atom stereocenters. The third kappa shape index (κ3) is 4.43. The van der Waals surface area contributed by atoms with Crippen molar-refractivity contribution in [3.8, 4) is 10.6 Å². The van der Waals surface area contributed by atoms with E-state index in [4.69, 9.17) is 5.73 Å². The molecule has 0 aliphatic carbocycles. The fourth-order valence-electron chi connectivity index (χ4n) is 2.98. The van der Waals surface area contributed by atoms with E-state index < -0.39 is 17.9 Å². The summed E-state index contributed by atoms with van der Waals surface area (Å²) in [5.74, 6) is -1.14. The Labute approximate surface area is 160 Å². The topological polar surface area (TPSA) is 117 Å². The van der Waals surface area contributed by atoms with Gasteiger partial charge in [-0.05, 0) is 19.8 Å². The number of hydrogen-bond donors (Lipinski definition) is 3. The molecule has 2 aromatic rings. The van der Waals surface area contributed by atoms with E-state index in [9.17, 15) is 14.4 Å². The highest BCUT2D eigenvalue weighted by atomic mass is 32.1. The van der Waals surface area contributed by atoms with Crippen molar-refractivity contribution in [2.45, 2.75) is 19.8 Å². The van der Waals surface area contributed by atoms with Crippen LogP contribution in [-0.2, 0) is 4.79 Å². The molecule has 1 aromatic heterocycles. The van der Waals surface area contributed by atoms with Gasteiger partial charge < -0.3 is 10.6 Å². The van der Waals surface area contributed by atoms with Crippen molar-refractivity contribution >= 4 is 29.2 Å². The van der Waals surface area contributed by atoms with E-state index in [0.717, 1.165) is 10.6 Å². The van der Waals surface area contributed by atoms with Gasteiger partial charge in [0.25, 0.3) is 5.91 Å². The maximum Gasteiger partial charge on any atom is 0.314 e. The van der Waals surface area contributed by atoms with Crippen molar-refractivity contribution in [2.75, 3.05) is 13.1 Å². The highest BCUT2D eigenvalue weighted by Crippen LogP contribution is 2.27. The van der Waals surface area contributed by atoms with Gasteiger partial charge in [-0.1, -0.05) is 30.3 Å². The summed E-state index contributed by atoms with van der Waals surface area (Å²) in [7, 11) is 0. The predicted molar refractivity (Wildman–Crippen MR) is 102 cm³/mol. The van der Waals surface area contributed by atoms with E-state index in [1.165, 1.54) is 16.2 Å². The number of benzene rings is 1. The molecule has 1 aliphatic rings. The van der Waals surface area contributed by atoms with Crippen LogP contribution in [0.25, 0.3) is 10.6 Å². The van der Waals surface area contributed by atoms with E-state index in [0.29, 0.717) is 30.0 Å². The molecular weight excluding hydrogens is 366 g/mol. The molecule has 4 N–H and O–H groups in total. The van der Waals surface area contributed by atoms with Gasteiger partial charge in [0, 0.05) is 18.7 Å². The average Bonchev–Trinajstić information content (AvgIpc) is 3.08. The first-order valence-corrected chi connectivity index (χ1v) is 9.44. The molecule has 1 saturated heterocycles. The van der Waals surface area contributed by atoms with E-state index >= 15 is 0 Å². The van der Waals surface area contributed by atoms with Crippen molar-refractivity contribution in [1.82, 2.24) is 20.7 Å². The van der Waals surface area contributed by atoms with Crippen LogP contribution in [0.4, 0.5) is 4.79 Å². The normalized spacial score (nSPS) is 16.6. The summed E-state index contributed by atoms with van der Waals surface area (Å²) < 4.78 is 0. The van der Waals surface area contributed by atoms with Crippen molar-refractivity contribution in [3.05, 3.63) is 40.9 Å². The molecule has 0 saturated carbocycles. The second kappa shape index (κ2) is 8.17. The molecule has 3 rings (SSSR count). The van der Waals surface area contributed by atoms with Crippen LogP contribution in [-0.4, -0.2) is 40.8 Å². The summed E-state index contributed by atoms with van der Waals surface area (Å²) in [4.78, 5) is 42.3. The first kappa shape index (κ1) is 18.8. The third-order valence-electron chi connectivity index (χ3n) is 4.43. The van der Waals surface area contributed by atoms with Crippen molar-refractivity contribution in [1.29, 1.82) is 0 Å². The minimum absolute atomic E-state index is 0.259. The average molecular weight is 387 g/mol. The number of carbonyl (C=O) groups excluding carboxylic acids is 3. The van der Waals surface area contributed by atoms with Gasteiger partial charge in [-0.2, -0.15) is 0 Å². The molecule has 2 heterocycles. The number of primary amides is 1. The van der Waals surface area contributed by atoms with Gasteiger partial charge in [-0.3, -0.25) is 20.4 Å². The molecule has 1 aromatic carbocycles. The Kier molecular flexibility index (Phi) is 5.70. The Bertz CT molecular complexity index is 852. The lowest BCUT2D eigenvalue weighted by Gasteiger charge is -2.30. The molecule has 8 nitrogen and oxygen atoms in total. The number of aryl methyl sites for hydroxylation is 1. The van der Waals surface area contributed by atoms with Crippen LogP contribution in [0.1, 0.15) is 28.2 Å². The van der Waals surface area contributed by atoms with Crippen LogP contribution >= 0.6 is 11.3 Å². The minimum atomic E-state index is -0.537. The molecule has 142 valence electrons. The van der Waals surface area contributed by atoms with E-state index in [1.807, 2.05) is 30.3 Å². The van der Waals surface area contributed by atoms with Gasteiger partial charge in [-0.25, -0.2) is 9.78 Å². The fourth-order valence-corrected chi connectivity index (χ4v) is 3.95. The summed E-state index contributed by atoms with van der Waals surface area (Å²) in [5, 5.41) is 0.744. The van der Waals surface area contributed by atoms with Crippen LogP contribution in [0.5, 0.6) is 0 Å². The van der Waals surface area contributed by atoms with Gasteiger partial charge in [-0.15, -0.1) is 11.3 Å². The van der Waals surface area contributed by atoms with Gasteiger partial charge in [0.15, 0.2) is 0 Å². The number of hydrogen-bond acceptors (Lipinski definition) is 5. The number of nitrogens with two attached hydrogens (primary N) is 1. The third-order valence-corrected chi connectivity index (χ3v) is 5.63. The SMILES string of the molecule is Cc1nc(-c2ccccc2)sc1C(=O)NNC(=O)[C@@H]1CCCN(C(N)=O)C1. The maximum atomic E-state index is 12.4. The molecule has 1 fully saturated rings. The number of hydrazine groups is 1. The molecule has 0 spiro atoms. The Morgan fingerprint density at radius 1 is 1.22 bits per heavy atom. The number of urea groups is 1. The lowest BCUT2D eigenvalue weighted by Crippen LogP contribution is -2.50. The number of nitrogens with one attached hydrogen (secondary N) is 2. The Morgan fingerprint density at radius 3 is 2.67 bits per heavy atom. The Hall–Kier alpha value is -2.94. The molecule has 1 atom stereocenters. The van der Waals surface area contributed by atoms with Crippen LogP contribution in [0, 0.1) is 12.8 Å². The van der Waals surface area contributed by atoms with E-state index in [1.54, 1.807) is 6.92 Å². The lowest BCUT2D eigenvalue weighted by molar-refractivity contribution is -0.127. The molecule has 1 aliphatic heterocycles. The first-order chi connectivity index (χ1) is 13.0. The summed E-state index contributed by atoms with van der Waals surface area (Å²) in [6.45, 7) is 2.56. The van der Waals surface area contributed by atoms with Crippen molar-refractivity contribution in [2.24, 2.45) is 11.7 Å². The summed E-state index contributed by atoms with van der Waals surface area (Å²) in [5.41, 5.74) is 11.7. The quantitative estimate of drug-likeness (QED) is 0.694. The largest absolute Gasteiger partial charge is 0.351 e. The smallest absolute Gasteiger partial charge is 0.314 e. The van der Waals surface area contributed by atoms with Crippen LogP contribution < -0.4 is 16.6 Å². The number of amides is 4. The molecule has 0 radical (unpaired) electrons. The Morgan fingerprint density at radius 2 is 1.96 bits per heavy atom. The second-order valence-electron chi connectivity index (χ2n) is 6.37. The zero-order valence-electron chi connectivity index (χ0n) is 14.9. The first-order valence-electron chi connectivity index (χ1n) is 8.63. The molecule has 9 heteroatoms. The van der Waals surface area contributed by atoms with Crippen molar-refractivity contribution < 1.29 is 14.4 Å². The minimum Gasteiger partial charge on any atom is -0.351 e. The monoisotopic (exact) mass is 387 g/mol. The number of nitrogens with zero attached hydrogens (tertiary/aromatic N) is 2. The van der Waals surface area contributed by atoms with E-state index in [2.05, 4.69) is 15.8 Å². The summed E-state index contributed by atoms with van der Waals surface area (Å²) in [6.07, 6.45) is 1.34. The van der Waals surface area contributed by atoms with Gasteiger partial charge in [0.1, 0.15) is 9.88 Å². The second-order valence-corrected chi connectivity index (χ2v) is 7.37. The summed E-state index contributed by atoms with van der Waals surface area (Å²) in [6, 6.07) is 9.05. The number of aromatic nitrogens is 1. The predicted octanol–water partition coefficient (Wildman–Crippen LogP) is 1.67. The van der Waals surface area contributed by atoms with Crippen LogP contribution in [0.2, 0.25) is 0 Å². The molecule has 27 heavy (non-hydrogen) atoms. The number of carbonyl (C=O) groups is 3. The summed E-state index contributed by atoms with van der Waals surface area (Å²) >= 11 is 1.27.